The lowest BCUT2D eigenvalue weighted by atomic mass is 9.89. The first-order valence-corrected chi connectivity index (χ1v) is 10.8. The summed E-state index contributed by atoms with van der Waals surface area (Å²) in [5.74, 6) is 0.384. The van der Waals surface area contributed by atoms with E-state index in [0.717, 1.165) is 36.8 Å². The van der Waals surface area contributed by atoms with Gasteiger partial charge in [0.15, 0.2) is 0 Å². The van der Waals surface area contributed by atoms with Gasteiger partial charge in [0, 0.05) is 5.56 Å². The number of nitrogens with two attached hydrogens (primary N) is 1. The van der Waals surface area contributed by atoms with E-state index in [1.54, 1.807) is 0 Å². The number of nitrogens with zero attached hydrogens (tertiary/aromatic N) is 1. The van der Waals surface area contributed by atoms with Gasteiger partial charge in [-0.3, -0.25) is 4.79 Å². The molecule has 0 spiro atoms. The Labute approximate surface area is 173 Å². The number of amides is 1. The van der Waals surface area contributed by atoms with Gasteiger partial charge >= 0.3 is 0 Å². The topological polar surface area (TPSA) is 46.3 Å². The number of piperidine rings is 1. The molecule has 1 aliphatic heterocycles. The molecule has 0 radical (unpaired) electrons. The smallest absolute Gasteiger partial charge is 0.248 e. The van der Waals surface area contributed by atoms with Gasteiger partial charge in [0.1, 0.15) is 0 Å². The van der Waals surface area contributed by atoms with Crippen molar-refractivity contribution >= 4 is 16.7 Å². The first kappa shape index (κ1) is 19.7. The van der Waals surface area contributed by atoms with Gasteiger partial charge in [-0.1, -0.05) is 60.7 Å². The second kappa shape index (κ2) is 9.23. The molecule has 0 bridgehead atoms. The van der Waals surface area contributed by atoms with Crippen LogP contribution in [0.1, 0.15) is 53.1 Å². The summed E-state index contributed by atoms with van der Waals surface area (Å²) in [6.45, 7) is 3.50. The average Bonchev–Trinajstić information content (AvgIpc) is 2.77. The standard InChI is InChI=1S/C26H30N2O/c27-26(29)25-14-13-22-10-4-5-11-23(22)24(25)12-6-7-17-28-18-15-21(16-19-28)20-8-2-1-3-9-20/h1-5,8-11,13-14,21H,6-7,12,15-19H2,(H2,27,29). The zero-order valence-corrected chi connectivity index (χ0v) is 17.0. The fourth-order valence-corrected chi connectivity index (χ4v) is 4.69. The van der Waals surface area contributed by atoms with Crippen LogP contribution in [0.5, 0.6) is 0 Å². The highest BCUT2D eigenvalue weighted by Crippen LogP contribution is 2.28. The third-order valence-electron chi connectivity index (χ3n) is 6.32. The molecule has 3 aromatic carbocycles. The van der Waals surface area contributed by atoms with E-state index in [1.807, 2.05) is 24.3 Å². The van der Waals surface area contributed by atoms with Gasteiger partial charge in [-0.05, 0) is 85.6 Å². The van der Waals surface area contributed by atoms with E-state index in [9.17, 15) is 4.79 Å². The molecule has 3 aromatic rings. The Morgan fingerprint density at radius 3 is 2.38 bits per heavy atom. The molecule has 0 unspecified atom stereocenters. The molecule has 3 heteroatoms. The molecule has 1 saturated heterocycles. The third kappa shape index (κ3) is 4.68. The maximum absolute atomic E-state index is 11.9. The van der Waals surface area contributed by atoms with Crippen LogP contribution in [0.4, 0.5) is 0 Å². The van der Waals surface area contributed by atoms with E-state index in [-0.39, 0.29) is 5.91 Å². The van der Waals surface area contributed by atoms with Gasteiger partial charge in [0.05, 0.1) is 0 Å². The zero-order valence-electron chi connectivity index (χ0n) is 17.0. The van der Waals surface area contributed by atoms with Crippen molar-refractivity contribution in [2.75, 3.05) is 19.6 Å². The number of aryl methyl sites for hydroxylation is 1. The van der Waals surface area contributed by atoms with Crippen molar-refractivity contribution in [3.63, 3.8) is 0 Å². The quantitative estimate of drug-likeness (QED) is 0.572. The molecule has 1 fully saturated rings. The first-order chi connectivity index (χ1) is 14.2. The van der Waals surface area contributed by atoms with Crippen LogP contribution in [0.25, 0.3) is 10.8 Å². The normalized spacial score (nSPS) is 15.6. The Morgan fingerprint density at radius 2 is 1.62 bits per heavy atom. The molecular formula is C26H30N2O. The molecule has 0 saturated carbocycles. The number of unbranched alkanes of at least 4 members (excludes halogenated alkanes) is 1. The van der Waals surface area contributed by atoms with Gasteiger partial charge in [-0.25, -0.2) is 0 Å². The molecular weight excluding hydrogens is 356 g/mol. The Hall–Kier alpha value is -2.65. The van der Waals surface area contributed by atoms with Crippen LogP contribution in [0.15, 0.2) is 66.7 Å². The lowest BCUT2D eigenvalue weighted by molar-refractivity contribution is 0.0999. The summed E-state index contributed by atoms with van der Waals surface area (Å²) in [5, 5.41) is 2.34. The molecule has 1 aliphatic rings. The average molecular weight is 387 g/mol. The van der Waals surface area contributed by atoms with E-state index in [0.29, 0.717) is 11.5 Å². The molecule has 0 atom stereocenters. The fraction of sp³-hybridized carbons (Fsp3) is 0.346. The largest absolute Gasteiger partial charge is 0.366 e. The number of rotatable bonds is 7. The van der Waals surface area contributed by atoms with E-state index >= 15 is 0 Å². The van der Waals surface area contributed by atoms with Gasteiger partial charge in [0.2, 0.25) is 5.91 Å². The van der Waals surface area contributed by atoms with Crippen molar-refractivity contribution in [3.05, 3.63) is 83.4 Å². The van der Waals surface area contributed by atoms with Gasteiger partial charge in [-0.15, -0.1) is 0 Å². The van der Waals surface area contributed by atoms with Crippen LogP contribution >= 0.6 is 0 Å². The van der Waals surface area contributed by atoms with Crippen LogP contribution in [0, 0.1) is 0 Å². The number of carbonyl (C=O) groups is 1. The number of primary amides is 1. The minimum absolute atomic E-state index is 0.325. The predicted molar refractivity (Wildman–Crippen MR) is 120 cm³/mol. The van der Waals surface area contributed by atoms with Gasteiger partial charge in [-0.2, -0.15) is 0 Å². The Morgan fingerprint density at radius 1 is 0.897 bits per heavy atom. The summed E-state index contributed by atoms with van der Waals surface area (Å²) in [6.07, 6.45) is 5.63. The molecule has 150 valence electrons. The molecule has 0 aromatic heterocycles. The molecule has 0 aliphatic carbocycles. The minimum Gasteiger partial charge on any atom is -0.366 e. The van der Waals surface area contributed by atoms with Crippen LogP contribution in [-0.4, -0.2) is 30.4 Å². The molecule has 4 rings (SSSR count). The van der Waals surface area contributed by atoms with Crippen LogP contribution < -0.4 is 5.73 Å². The fourth-order valence-electron chi connectivity index (χ4n) is 4.69. The summed E-state index contributed by atoms with van der Waals surface area (Å²) in [6, 6.07) is 23.1. The van der Waals surface area contributed by atoms with Crippen molar-refractivity contribution in [2.45, 2.75) is 38.0 Å². The van der Waals surface area contributed by atoms with E-state index in [1.165, 1.54) is 36.9 Å². The highest BCUT2D eigenvalue weighted by Gasteiger charge is 2.20. The summed E-state index contributed by atoms with van der Waals surface area (Å²) < 4.78 is 0. The first-order valence-electron chi connectivity index (χ1n) is 10.8. The van der Waals surface area contributed by atoms with Crippen molar-refractivity contribution in [1.82, 2.24) is 4.90 Å². The monoisotopic (exact) mass is 386 g/mol. The lowest BCUT2D eigenvalue weighted by Gasteiger charge is -2.32. The highest BCUT2D eigenvalue weighted by atomic mass is 16.1. The predicted octanol–water partition coefficient (Wildman–Crippen LogP) is 5.14. The second-order valence-electron chi connectivity index (χ2n) is 8.16. The Bertz CT molecular complexity index is 959. The van der Waals surface area contributed by atoms with Crippen LogP contribution in [0.2, 0.25) is 0 Å². The number of hydrogen-bond acceptors (Lipinski definition) is 2. The summed E-state index contributed by atoms with van der Waals surface area (Å²) >= 11 is 0. The Kier molecular flexibility index (Phi) is 6.26. The van der Waals surface area contributed by atoms with E-state index < -0.39 is 0 Å². The van der Waals surface area contributed by atoms with Crippen molar-refractivity contribution in [2.24, 2.45) is 5.73 Å². The maximum atomic E-state index is 11.9. The lowest BCUT2D eigenvalue weighted by Crippen LogP contribution is -2.33. The molecule has 1 amide bonds. The summed E-state index contributed by atoms with van der Waals surface area (Å²) in [4.78, 5) is 14.5. The SMILES string of the molecule is NC(=O)c1ccc2ccccc2c1CCCCN1CCC(c2ccccc2)CC1. The molecule has 29 heavy (non-hydrogen) atoms. The Balaban J connectivity index is 1.30. The van der Waals surface area contributed by atoms with E-state index in [4.69, 9.17) is 5.73 Å². The minimum atomic E-state index is -0.325. The highest BCUT2D eigenvalue weighted by molar-refractivity contribution is 6.00. The molecule has 3 nitrogen and oxygen atoms in total. The number of hydrogen-bond donors (Lipinski definition) is 1. The van der Waals surface area contributed by atoms with E-state index in [2.05, 4.69) is 47.4 Å². The van der Waals surface area contributed by atoms with Crippen LogP contribution in [0.3, 0.4) is 0 Å². The number of likely N-dealkylation sites (tertiary alicyclic amines) is 1. The van der Waals surface area contributed by atoms with Crippen LogP contribution in [-0.2, 0) is 6.42 Å². The maximum Gasteiger partial charge on any atom is 0.248 e. The number of carbonyl (C=O) groups excluding carboxylic acids is 1. The van der Waals surface area contributed by atoms with Crippen molar-refractivity contribution in [3.8, 4) is 0 Å². The summed E-state index contributed by atoms with van der Waals surface area (Å²) in [7, 11) is 0. The zero-order chi connectivity index (χ0) is 20.1. The van der Waals surface area contributed by atoms with Gasteiger partial charge < -0.3 is 10.6 Å². The number of fused-ring (bicyclic) bond motifs is 1. The molecule has 2 N–H and O–H groups in total. The second-order valence-corrected chi connectivity index (χ2v) is 8.16. The molecule has 1 heterocycles. The van der Waals surface area contributed by atoms with Crippen molar-refractivity contribution in [1.29, 1.82) is 0 Å². The number of benzene rings is 3. The van der Waals surface area contributed by atoms with Crippen molar-refractivity contribution < 1.29 is 4.79 Å². The van der Waals surface area contributed by atoms with Gasteiger partial charge in [0.25, 0.3) is 0 Å². The third-order valence-corrected chi connectivity index (χ3v) is 6.32. The summed E-state index contributed by atoms with van der Waals surface area (Å²) in [5.41, 5.74) is 8.91.